The molecule has 1 aliphatic heterocycles. The molecule has 0 saturated heterocycles. The molecule has 0 aromatic rings. The summed E-state index contributed by atoms with van der Waals surface area (Å²) in [5.41, 5.74) is 0. The van der Waals surface area contributed by atoms with Crippen LogP contribution in [-0.2, 0) is 0 Å². The predicted octanol–water partition coefficient (Wildman–Crippen LogP) is 7.04. The van der Waals surface area contributed by atoms with E-state index >= 15 is 0 Å². The number of allylic oxidation sites excluding steroid dienone is 2. The molecule has 0 saturated carbocycles. The lowest BCUT2D eigenvalue weighted by atomic mass is 10.0. The van der Waals surface area contributed by atoms with Crippen LogP contribution in [0.2, 0.25) is 0 Å². The van der Waals surface area contributed by atoms with Crippen LogP contribution in [0.5, 0.6) is 0 Å². The maximum Gasteiger partial charge on any atom is 0.182 e. The quantitative estimate of drug-likeness (QED) is 0.131. The van der Waals surface area contributed by atoms with Crippen LogP contribution in [0.1, 0.15) is 117 Å². The van der Waals surface area contributed by atoms with Crippen molar-refractivity contribution in [1.29, 1.82) is 0 Å². The molecule has 3 nitrogen and oxygen atoms in total. The van der Waals surface area contributed by atoms with Crippen LogP contribution in [-0.4, -0.2) is 48.2 Å². The van der Waals surface area contributed by atoms with Crippen molar-refractivity contribution in [2.75, 3.05) is 26.2 Å². The summed E-state index contributed by atoms with van der Waals surface area (Å²) in [6.07, 6.45) is 29.0. The molecule has 2 unspecified atom stereocenters. The van der Waals surface area contributed by atoms with Crippen LogP contribution in [0.15, 0.2) is 17.1 Å². The number of likely N-dealkylation sites (N-methyl/N-ethyl adjacent to an activating group) is 1. The van der Waals surface area contributed by atoms with Crippen LogP contribution >= 0.6 is 0 Å². The molecular formula is C26H51N2O+. The third kappa shape index (κ3) is 11.9. The van der Waals surface area contributed by atoms with Gasteiger partial charge in [0.15, 0.2) is 6.17 Å². The Balaban J connectivity index is 1.85. The van der Waals surface area contributed by atoms with Gasteiger partial charge in [-0.3, -0.25) is 4.48 Å². The van der Waals surface area contributed by atoms with Crippen LogP contribution in [0.4, 0.5) is 0 Å². The third-order valence-corrected chi connectivity index (χ3v) is 6.74. The smallest absolute Gasteiger partial charge is 0.182 e. The summed E-state index contributed by atoms with van der Waals surface area (Å²) in [6, 6.07) is 0. The number of hydrogen-bond donors (Lipinski definition) is 1. The van der Waals surface area contributed by atoms with Gasteiger partial charge in [-0.1, -0.05) is 89.7 Å². The van der Waals surface area contributed by atoms with Gasteiger partial charge in [-0.05, 0) is 32.6 Å². The molecule has 2 atom stereocenters. The van der Waals surface area contributed by atoms with Crippen LogP contribution in [0.3, 0.4) is 0 Å². The zero-order valence-electron chi connectivity index (χ0n) is 19.8. The van der Waals surface area contributed by atoms with Crippen molar-refractivity contribution in [3.63, 3.8) is 0 Å². The molecule has 170 valence electrons. The Labute approximate surface area is 182 Å². The summed E-state index contributed by atoms with van der Waals surface area (Å²) in [4.78, 5) is 4.72. The highest BCUT2D eigenvalue weighted by molar-refractivity contribution is 5.60. The molecule has 0 fully saturated rings. The fourth-order valence-electron chi connectivity index (χ4n) is 4.64. The van der Waals surface area contributed by atoms with Gasteiger partial charge in [0.05, 0.1) is 19.4 Å². The van der Waals surface area contributed by atoms with Gasteiger partial charge in [-0.2, -0.15) is 0 Å². The van der Waals surface area contributed by atoms with E-state index in [1.54, 1.807) is 0 Å². The fraction of sp³-hybridized carbons (Fsp3) is 0.885. The van der Waals surface area contributed by atoms with Crippen molar-refractivity contribution in [3.8, 4) is 0 Å². The average molecular weight is 408 g/mol. The number of quaternary nitrogens is 1. The maximum atomic E-state index is 9.39. The summed E-state index contributed by atoms with van der Waals surface area (Å²) < 4.78 is 0.978. The Bertz CT molecular complexity index is 421. The van der Waals surface area contributed by atoms with Crippen LogP contribution in [0.25, 0.3) is 0 Å². The van der Waals surface area contributed by atoms with Crippen molar-refractivity contribution in [2.45, 2.75) is 123 Å². The Hall–Kier alpha value is -0.670. The molecule has 1 rings (SSSR count). The van der Waals surface area contributed by atoms with E-state index < -0.39 is 0 Å². The van der Waals surface area contributed by atoms with Gasteiger partial charge in [0.1, 0.15) is 13.1 Å². The van der Waals surface area contributed by atoms with E-state index in [1.807, 2.05) is 0 Å². The molecule has 1 aliphatic rings. The molecule has 0 amide bonds. The number of aliphatic imine (C=N–C) groups is 1. The van der Waals surface area contributed by atoms with E-state index in [0.29, 0.717) is 6.17 Å². The SMILES string of the molecule is CCC/C=C/CCCCCCCCCCCCCCC1N=CC[N+]1(CC)CCO. The van der Waals surface area contributed by atoms with Crippen molar-refractivity contribution < 1.29 is 9.59 Å². The number of aliphatic hydroxyl groups excluding tert-OH is 1. The maximum absolute atomic E-state index is 9.39. The molecule has 1 N–H and O–H groups in total. The number of aliphatic hydroxyl groups is 1. The Morgan fingerprint density at radius 1 is 0.828 bits per heavy atom. The lowest BCUT2D eigenvalue weighted by Crippen LogP contribution is -2.53. The minimum Gasteiger partial charge on any atom is -0.391 e. The van der Waals surface area contributed by atoms with Crippen molar-refractivity contribution in [3.05, 3.63) is 12.2 Å². The molecule has 0 aliphatic carbocycles. The van der Waals surface area contributed by atoms with E-state index in [9.17, 15) is 5.11 Å². The summed E-state index contributed by atoms with van der Waals surface area (Å²) in [5.74, 6) is 0. The highest BCUT2D eigenvalue weighted by atomic mass is 16.3. The first-order valence-electron chi connectivity index (χ1n) is 12.9. The third-order valence-electron chi connectivity index (χ3n) is 6.74. The number of unbranched alkanes of at least 4 members (excludes halogenated alkanes) is 13. The number of nitrogens with zero attached hydrogens (tertiary/aromatic N) is 2. The van der Waals surface area contributed by atoms with Gasteiger partial charge in [-0.25, -0.2) is 4.99 Å². The lowest BCUT2D eigenvalue weighted by molar-refractivity contribution is -0.936. The van der Waals surface area contributed by atoms with E-state index in [1.165, 1.54) is 103 Å². The predicted molar refractivity (Wildman–Crippen MR) is 129 cm³/mol. The average Bonchev–Trinajstić information content (AvgIpc) is 3.13. The fourth-order valence-corrected chi connectivity index (χ4v) is 4.64. The first kappa shape index (κ1) is 26.4. The number of rotatable bonds is 20. The van der Waals surface area contributed by atoms with Crippen LogP contribution < -0.4 is 0 Å². The molecule has 0 aromatic heterocycles. The molecular weight excluding hydrogens is 356 g/mol. The van der Waals surface area contributed by atoms with Gasteiger partial charge in [0.25, 0.3) is 0 Å². The summed E-state index contributed by atoms with van der Waals surface area (Å²) in [5, 5.41) is 9.39. The molecule has 29 heavy (non-hydrogen) atoms. The first-order valence-corrected chi connectivity index (χ1v) is 12.9. The molecule has 0 radical (unpaired) electrons. The highest BCUT2D eigenvalue weighted by Gasteiger charge is 2.36. The second-order valence-electron chi connectivity index (χ2n) is 9.06. The highest BCUT2D eigenvalue weighted by Crippen LogP contribution is 2.24. The molecule has 0 bridgehead atoms. The molecule has 0 aromatic carbocycles. The van der Waals surface area contributed by atoms with E-state index in [2.05, 4.69) is 32.2 Å². The van der Waals surface area contributed by atoms with Gasteiger partial charge < -0.3 is 5.11 Å². The summed E-state index contributed by atoms with van der Waals surface area (Å²) in [7, 11) is 0. The molecule has 1 heterocycles. The standard InChI is InChI=1S/C26H51N2O/c1-3-5-6-7-8-9-10-11-12-13-14-15-16-17-18-19-20-21-26-27-22-23-28(26,4-2)24-25-29/h6-7,22,26,29H,3-5,8-21,23-25H2,1-2H3/q+1/b7-6+. The van der Waals surface area contributed by atoms with Gasteiger partial charge >= 0.3 is 0 Å². The zero-order valence-corrected chi connectivity index (χ0v) is 19.8. The first-order chi connectivity index (χ1) is 14.3. The summed E-state index contributed by atoms with van der Waals surface area (Å²) in [6.45, 7) is 7.72. The van der Waals surface area contributed by atoms with Crippen molar-refractivity contribution in [1.82, 2.24) is 0 Å². The largest absolute Gasteiger partial charge is 0.391 e. The normalized spacial score (nSPS) is 21.6. The van der Waals surface area contributed by atoms with E-state index in [0.717, 1.165) is 24.1 Å². The van der Waals surface area contributed by atoms with Gasteiger partial charge in [-0.15, -0.1) is 0 Å². The Kier molecular flexibility index (Phi) is 16.5. The minimum atomic E-state index is 0.282. The minimum absolute atomic E-state index is 0.282. The lowest BCUT2D eigenvalue weighted by Gasteiger charge is -2.37. The second-order valence-corrected chi connectivity index (χ2v) is 9.06. The Morgan fingerprint density at radius 2 is 1.38 bits per heavy atom. The van der Waals surface area contributed by atoms with Crippen molar-refractivity contribution in [2.24, 2.45) is 4.99 Å². The second kappa shape index (κ2) is 18.1. The Morgan fingerprint density at radius 3 is 1.93 bits per heavy atom. The molecule has 3 heteroatoms. The summed E-state index contributed by atoms with van der Waals surface area (Å²) >= 11 is 0. The van der Waals surface area contributed by atoms with E-state index in [-0.39, 0.29) is 6.61 Å². The van der Waals surface area contributed by atoms with Crippen molar-refractivity contribution >= 4 is 6.21 Å². The van der Waals surface area contributed by atoms with Crippen LogP contribution in [0, 0.1) is 0 Å². The monoisotopic (exact) mass is 407 g/mol. The van der Waals surface area contributed by atoms with Gasteiger partial charge in [0, 0.05) is 6.42 Å². The van der Waals surface area contributed by atoms with E-state index in [4.69, 9.17) is 4.99 Å². The zero-order chi connectivity index (χ0) is 21.0. The van der Waals surface area contributed by atoms with Gasteiger partial charge in [0.2, 0.25) is 0 Å². The molecule has 0 spiro atoms. The number of hydrogen-bond acceptors (Lipinski definition) is 2. The topological polar surface area (TPSA) is 32.6 Å².